The van der Waals surface area contributed by atoms with Crippen molar-refractivity contribution < 1.29 is 8.78 Å². The molecule has 0 atom stereocenters. The van der Waals surface area contributed by atoms with Gasteiger partial charge in [0.1, 0.15) is 17.3 Å². The van der Waals surface area contributed by atoms with E-state index >= 15 is 4.39 Å². The molecule has 0 bridgehead atoms. The normalized spacial score (nSPS) is 12.2. The van der Waals surface area contributed by atoms with Crippen molar-refractivity contribution in [1.29, 1.82) is 0 Å². The van der Waals surface area contributed by atoms with Crippen LogP contribution >= 0.6 is 0 Å². The Morgan fingerprint density at radius 3 is 2.61 bits per heavy atom. The number of benzene rings is 2. The van der Waals surface area contributed by atoms with E-state index in [0.29, 0.717) is 33.4 Å². The van der Waals surface area contributed by atoms with Crippen molar-refractivity contribution >= 4 is 27.9 Å². The monoisotopic (exact) mass is 551 g/mol. The van der Waals surface area contributed by atoms with E-state index in [-0.39, 0.29) is 5.82 Å². The van der Waals surface area contributed by atoms with Gasteiger partial charge < -0.3 is 10.6 Å². The predicted molar refractivity (Wildman–Crippen MR) is 167 cm³/mol. The molecule has 4 rings (SSSR count). The van der Waals surface area contributed by atoms with Crippen molar-refractivity contribution in [3.63, 3.8) is 0 Å². The minimum absolute atomic E-state index is 0.316. The zero-order valence-electron chi connectivity index (χ0n) is 23.7. The number of nitrogens with zero attached hydrogens (tertiary/aromatic N) is 2. The van der Waals surface area contributed by atoms with Crippen molar-refractivity contribution in [2.24, 2.45) is 0 Å². The molecule has 0 aliphatic heterocycles. The summed E-state index contributed by atoms with van der Waals surface area (Å²) in [4.78, 5) is 4.32. The van der Waals surface area contributed by atoms with E-state index in [1.165, 1.54) is 18.2 Å². The van der Waals surface area contributed by atoms with E-state index in [1.54, 1.807) is 30.6 Å². The Bertz CT molecular complexity index is 1680. The van der Waals surface area contributed by atoms with Gasteiger partial charge in [-0.1, -0.05) is 57.4 Å². The van der Waals surface area contributed by atoms with E-state index < -0.39 is 5.82 Å². The van der Waals surface area contributed by atoms with Crippen LogP contribution in [-0.4, -0.2) is 15.2 Å². The molecule has 3 N–H and O–H groups in total. The van der Waals surface area contributed by atoms with E-state index in [9.17, 15) is 4.39 Å². The Labute approximate surface area is 240 Å². The van der Waals surface area contributed by atoms with E-state index in [0.717, 1.165) is 53.1 Å². The zero-order valence-corrected chi connectivity index (χ0v) is 23.7. The Hall–Kier alpha value is -4.78. The first kappa shape index (κ1) is 29.2. The van der Waals surface area contributed by atoms with Crippen LogP contribution in [0.1, 0.15) is 51.3 Å². The Kier molecular flexibility index (Phi) is 9.30. The Morgan fingerprint density at radius 1 is 1.07 bits per heavy atom. The molecule has 210 valence electrons. The van der Waals surface area contributed by atoms with Crippen LogP contribution in [0.5, 0.6) is 0 Å². The molecule has 0 amide bonds. The van der Waals surface area contributed by atoms with Crippen LogP contribution in [0.4, 0.5) is 14.5 Å². The third-order valence-electron chi connectivity index (χ3n) is 6.86. The van der Waals surface area contributed by atoms with Crippen LogP contribution in [-0.2, 0) is 0 Å². The quantitative estimate of drug-likeness (QED) is 0.154. The molecule has 2 aromatic carbocycles. The second kappa shape index (κ2) is 13.0. The van der Waals surface area contributed by atoms with Crippen molar-refractivity contribution in [3.8, 4) is 11.1 Å². The van der Waals surface area contributed by atoms with Gasteiger partial charge in [0.05, 0.1) is 23.1 Å². The highest BCUT2D eigenvalue weighted by Crippen LogP contribution is 2.32. The second-order valence-corrected chi connectivity index (χ2v) is 9.92. The standard InChI is InChI=1S/C34H35F2N5/c1-7-9-12-21(3)38-28-16-26(19-37-20-28)30-17-31-33(18-32(30)36)40-41-34(31)24(6)39-23(5)22(4)29(11-8-2)25-13-10-14-27(35)15-25/h8,10-11,13-20,38-39H,2-3,6-7,9,12H2,1,4-5H3,(H,40,41)/b23-22+,29-11+. The number of hydrogen-bond donors (Lipinski definition) is 3. The minimum Gasteiger partial charge on any atom is -0.358 e. The summed E-state index contributed by atoms with van der Waals surface area (Å²) in [6.45, 7) is 18.1. The number of fused-ring (bicyclic) bond motifs is 1. The molecule has 7 heteroatoms. The van der Waals surface area contributed by atoms with Crippen LogP contribution in [0.3, 0.4) is 0 Å². The molecule has 0 aliphatic carbocycles. The van der Waals surface area contributed by atoms with Gasteiger partial charge in [-0.05, 0) is 67.7 Å². The van der Waals surface area contributed by atoms with Gasteiger partial charge in [-0.3, -0.25) is 10.1 Å². The van der Waals surface area contributed by atoms with Crippen LogP contribution in [0.2, 0.25) is 0 Å². The molecule has 2 aromatic heterocycles. The zero-order chi connectivity index (χ0) is 29.5. The minimum atomic E-state index is -0.392. The fraction of sp³-hybridized carbons (Fsp3) is 0.176. The van der Waals surface area contributed by atoms with Crippen molar-refractivity contribution in [3.05, 3.63) is 127 Å². The van der Waals surface area contributed by atoms with Crippen molar-refractivity contribution in [1.82, 2.24) is 20.5 Å². The largest absolute Gasteiger partial charge is 0.358 e. The SMILES string of the molecule is C=C/C=C(\C(C)=C(/C)NC(=C)c1n[nH]c2cc(F)c(-c3cncc(NC(=C)CCCC)c3)cc12)c1cccc(F)c1. The lowest BCUT2D eigenvalue weighted by molar-refractivity contribution is 0.627. The summed E-state index contributed by atoms with van der Waals surface area (Å²) >= 11 is 0. The molecule has 0 fully saturated rings. The molecular weight excluding hydrogens is 516 g/mol. The van der Waals surface area contributed by atoms with Gasteiger partial charge >= 0.3 is 0 Å². The molecule has 4 aromatic rings. The summed E-state index contributed by atoms with van der Waals surface area (Å²) in [7, 11) is 0. The van der Waals surface area contributed by atoms with Crippen molar-refractivity contribution in [2.45, 2.75) is 40.0 Å². The highest BCUT2D eigenvalue weighted by molar-refractivity contribution is 5.93. The average Bonchev–Trinajstić information content (AvgIpc) is 3.36. The van der Waals surface area contributed by atoms with Crippen molar-refractivity contribution in [2.75, 3.05) is 5.32 Å². The van der Waals surface area contributed by atoms with E-state index in [2.05, 4.69) is 52.5 Å². The fourth-order valence-electron chi connectivity index (χ4n) is 4.59. The maximum absolute atomic E-state index is 15.2. The van der Waals surface area contributed by atoms with Gasteiger partial charge in [-0.25, -0.2) is 8.78 Å². The highest BCUT2D eigenvalue weighted by atomic mass is 19.1. The molecule has 2 heterocycles. The molecule has 0 unspecified atom stereocenters. The lowest BCUT2D eigenvalue weighted by Gasteiger charge is -2.15. The summed E-state index contributed by atoms with van der Waals surface area (Å²) in [5, 5.41) is 14.6. The maximum atomic E-state index is 15.2. The average molecular weight is 552 g/mol. The number of pyridine rings is 1. The van der Waals surface area contributed by atoms with Gasteiger partial charge in [0.2, 0.25) is 0 Å². The first-order valence-electron chi connectivity index (χ1n) is 13.5. The highest BCUT2D eigenvalue weighted by Gasteiger charge is 2.16. The first-order valence-corrected chi connectivity index (χ1v) is 13.5. The maximum Gasteiger partial charge on any atom is 0.133 e. The summed E-state index contributed by atoms with van der Waals surface area (Å²) in [6, 6.07) is 11.5. The molecule has 0 aliphatic rings. The van der Waals surface area contributed by atoms with Gasteiger partial charge in [0.15, 0.2) is 0 Å². The number of H-pyrrole nitrogens is 1. The van der Waals surface area contributed by atoms with Crippen LogP contribution in [0.25, 0.3) is 33.3 Å². The Morgan fingerprint density at radius 2 is 1.88 bits per heavy atom. The number of nitrogens with one attached hydrogen (secondary N) is 3. The van der Waals surface area contributed by atoms with E-state index in [1.807, 2.05) is 32.1 Å². The number of rotatable bonds is 12. The third kappa shape index (κ3) is 6.87. The lowest BCUT2D eigenvalue weighted by atomic mass is 9.97. The molecule has 0 saturated heterocycles. The molecule has 5 nitrogen and oxygen atoms in total. The molecule has 41 heavy (non-hydrogen) atoms. The predicted octanol–water partition coefficient (Wildman–Crippen LogP) is 9.14. The molecule has 0 radical (unpaired) electrons. The summed E-state index contributed by atoms with van der Waals surface area (Å²) < 4.78 is 29.2. The molecular formula is C34H35F2N5. The number of aromatic nitrogens is 3. The van der Waals surface area contributed by atoms with E-state index in [4.69, 9.17) is 0 Å². The summed E-state index contributed by atoms with van der Waals surface area (Å²) in [6.07, 6.45) is 9.81. The van der Waals surface area contributed by atoms with Gasteiger partial charge in [0.25, 0.3) is 0 Å². The first-order chi connectivity index (χ1) is 19.7. The second-order valence-electron chi connectivity index (χ2n) is 9.92. The lowest BCUT2D eigenvalue weighted by Crippen LogP contribution is -2.11. The number of anilines is 1. The number of halogens is 2. The third-order valence-corrected chi connectivity index (χ3v) is 6.86. The van der Waals surface area contributed by atoms with Gasteiger partial charge in [-0.2, -0.15) is 5.10 Å². The summed E-state index contributed by atoms with van der Waals surface area (Å²) in [5.74, 6) is -0.708. The number of hydrogen-bond acceptors (Lipinski definition) is 4. The number of unbranched alkanes of at least 4 members (excludes halogenated alkanes) is 1. The number of allylic oxidation sites excluding steroid dienone is 6. The van der Waals surface area contributed by atoms with Crippen LogP contribution < -0.4 is 10.6 Å². The van der Waals surface area contributed by atoms with Gasteiger partial charge in [0, 0.05) is 40.2 Å². The smallest absolute Gasteiger partial charge is 0.133 e. The topological polar surface area (TPSA) is 65.6 Å². The van der Waals surface area contributed by atoms with Gasteiger partial charge in [-0.15, -0.1) is 0 Å². The van der Waals surface area contributed by atoms with Crippen LogP contribution in [0, 0.1) is 11.6 Å². The number of aromatic amines is 1. The summed E-state index contributed by atoms with van der Waals surface area (Å²) in [5.41, 5.74) is 7.56. The molecule has 0 spiro atoms. The molecule has 0 saturated carbocycles. The fourth-order valence-corrected chi connectivity index (χ4v) is 4.59. The van der Waals surface area contributed by atoms with Crippen LogP contribution in [0.15, 0.2) is 104 Å². The Balaban J connectivity index is 1.64.